The summed E-state index contributed by atoms with van der Waals surface area (Å²) in [4.78, 5) is 30.7. The van der Waals surface area contributed by atoms with Crippen molar-refractivity contribution in [2.75, 3.05) is 51.4 Å². The molecule has 2 aromatic carbocycles. The smallest absolute Gasteiger partial charge is 0.253 e. The monoisotopic (exact) mass is 543 g/mol. The number of aromatic nitrogens is 5. The normalized spacial score (nSPS) is 16.4. The van der Waals surface area contributed by atoms with Crippen molar-refractivity contribution in [3.8, 4) is 17.3 Å². The molecule has 0 spiro atoms. The first kappa shape index (κ1) is 25.8. The zero-order valence-electron chi connectivity index (χ0n) is 22.7. The number of piperazine rings is 1. The Balaban J connectivity index is 1.15. The van der Waals surface area contributed by atoms with Gasteiger partial charge in [-0.1, -0.05) is 12.8 Å². The highest BCUT2D eigenvalue weighted by molar-refractivity contribution is 5.94. The molecule has 12 nitrogen and oxygen atoms in total. The van der Waals surface area contributed by atoms with Gasteiger partial charge in [-0.25, -0.2) is 9.97 Å². The van der Waals surface area contributed by atoms with E-state index in [1.807, 2.05) is 29.2 Å². The number of amides is 1. The van der Waals surface area contributed by atoms with E-state index in [0.29, 0.717) is 45.8 Å². The van der Waals surface area contributed by atoms with Gasteiger partial charge in [-0.2, -0.15) is 9.67 Å². The maximum absolute atomic E-state index is 13.1. The van der Waals surface area contributed by atoms with Gasteiger partial charge in [0, 0.05) is 54.9 Å². The molecule has 1 saturated heterocycles. The zero-order valence-corrected chi connectivity index (χ0v) is 22.7. The molecule has 4 aromatic rings. The van der Waals surface area contributed by atoms with Gasteiger partial charge in [0.25, 0.3) is 5.91 Å². The van der Waals surface area contributed by atoms with Crippen LogP contribution in [0.3, 0.4) is 0 Å². The van der Waals surface area contributed by atoms with Crippen LogP contribution < -0.4 is 20.5 Å². The van der Waals surface area contributed by atoms with Crippen LogP contribution in [-0.4, -0.2) is 86.9 Å². The first-order chi connectivity index (χ1) is 19.5. The van der Waals surface area contributed by atoms with Gasteiger partial charge in [0.1, 0.15) is 6.33 Å². The van der Waals surface area contributed by atoms with E-state index in [4.69, 9.17) is 15.2 Å². The van der Waals surface area contributed by atoms with Crippen molar-refractivity contribution in [1.82, 2.24) is 34.5 Å². The number of carbonyl (C=O) groups excluding carboxylic acids is 1. The lowest BCUT2D eigenvalue weighted by Crippen LogP contribution is -2.51. The maximum atomic E-state index is 13.1. The molecule has 3 N–H and O–H groups in total. The fourth-order valence-electron chi connectivity index (χ4n) is 5.64. The standard InChI is InChI=1S/C28H33N9O3/c1-39-23-15-21-22(16-24(23)40-2)30-17-31-25(21)37-27(29)33-28(34-37)32-19-9-7-18(8-10-19)26(38)36-13-11-35(12-14-36)20-5-3-4-6-20/h7-10,15-17,20H,3-6,11-14H2,1-2H3,(H3,29,32,33,34). The van der Waals surface area contributed by atoms with E-state index in [1.165, 1.54) is 36.7 Å². The highest BCUT2D eigenvalue weighted by Crippen LogP contribution is 2.33. The molecule has 1 saturated carbocycles. The summed E-state index contributed by atoms with van der Waals surface area (Å²) in [5.41, 5.74) is 8.26. The van der Waals surface area contributed by atoms with Crippen molar-refractivity contribution in [3.05, 3.63) is 48.3 Å². The average molecular weight is 544 g/mol. The third-order valence-corrected chi connectivity index (χ3v) is 7.78. The number of nitrogen functional groups attached to an aromatic ring is 1. The summed E-state index contributed by atoms with van der Waals surface area (Å²) in [5.74, 6) is 2.06. The summed E-state index contributed by atoms with van der Waals surface area (Å²) in [7, 11) is 3.13. The molecule has 0 bridgehead atoms. The van der Waals surface area contributed by atoms with Crippen LogP contribution in [0.5, 0.6) is 11.5 Å². The van der Waals surface area contributed by atoms with Crippen molar-refractivity contribution in [3.63, 3.8) is 0 Å². The van der Waals surface area contributed by atoms with Crippen molar-refractivity contribution < 1.29 is 14.3 Å². The van der Waals surface area contributed by atoms with E-state index in [0.717, 1.165) is 31.9 Å². The lowest BCUT2D eigenvalue weighted by atomic mass is 10.1. The average Bonchev–Trinajstić information content (AvgIpc) is 3.66. The number of hydrogen-bond donors (Lipinski definition) is 2. The second-order valence-electron chi connectivity index (χ2n) is 10.1. The molecule has 2 aliphatic rings. The summed E-state index contributed by atoms with van der Waals surface area (Å²) in [6.45, 7) is 3.44. The minimum absolute atomic E-state index is 0.0620. The van der Waals surface area contributed by atoms with Crippen molar-refractivity contribution in [1.29, 1.82) is 0 Å². The minimum Gasteiger partial charge on any atom is -0.493 e. The van der Waals surface area contributed by atoms with E-state index < -0.39 is 0 Å². The molecular formula is C28H33N9O3. The number of nitrogens with zero attached hydrogens (tertiary/aromatic N) is 7. The van der Waals surface area contributed by atoms with E-state index in [9.17, 15) is 4.79 Å². The first-order valence-electron chi connectivity index (χ1n) is 13.5. The fourth-order valence-corrected chi connectivity index (χ4v) is 5.64. The van der Waals surface area contributed by atoms with Gasteiger partial charge in [-0.15, -0.1) is 5.10 Å². The van der Waals surface area contributed by atoms with Crippen LogP contribution >= 0.6 is 0 Å². The molecule has 208 valence electrons. The van der Waals surface area contributed by atoms with Crippen LogP contribution in [0.2, 0.25) is 0 Å². The number of anilines is 3. The number of nitrogens with two attached hydrogens (primary N) is 1. The Hall–Kier alpha value is -4.45. The number of carbonyl (C=O) groups is 1. The lowest BCUT2D eigenvalue weighted by Gasteiger charge is -2.38. The summed E-state index contributed by atoms with van der Waals surface area (Å²) in [6.07, 6.45) is 6.67. The minimum atomic E-state index is 0.0620. The topological polar surface area (TPSA) is 137 Å². The predicted molar refractivity (Wildman–Crippen MR) is 151 cm³/mol. The molecule has 2 aromatic heterocycles. The number of methoxy groups -OCH3 is 2. The van der Waals surface area contributed by atoms with E-state index in [1.54, 1.807) is 26.4 Å². The number of rotatable bonds is 7. The van der Waals surface area contributed by atoms with Gasteiger partial charge in [0.15, 0.2) is 17.3 Å². The molecule has 0 unspecified atom stereocenters. The van der Waals surface area contributed by atoms with Gasteiger partial charge in [0.05, 0.1) is 19.7 Å². The van der Waals surface area contributed by atoms with E-state index >= 15 is 0 Å². The Kier molecular flexibility index (Phi) is 7.08. The molecule has 3 heterocycles. The van der Waals surface area contributed by atoms with Crippen LogP contribution in [0.15, 0.2) is 42.7 Å². The number of fused-ring (bicyclic) bond motifs is 1. The Morgan fingerprint density at radius 3 is 2.38 bits per heavy atom. The summed E-state index contributed by atoms with van der Waals surface area (Å²) in [6, 6.07) is 11.6. The molecule has 0 radical (unpaired) electrons. The Labute approximate surface area is 232 Å². The quantitative estimate of drug-likeness (QED) is 0.357. The van der Waals surface area contributed by atoms with Crippen molar-refractivity contribution in [2.45, 2.75) is 31.7 Å². The molecule has 1 aliphatic heterocycles. The van der Waals surface area contributed by atoms with Crippen LogP contribution in [0, 0.1) is 0 Å². The van der Waals surface area contributed by atoms with Gasteiger partial charge in [-0.05, 0) is 43.2 Å². The molecule has 0 atom stereocenters. The molecule has 2 fully saturated rings. The third-order valence-electron chi connectivity index (χ3n) is 7.78. The Bertz CT molecular complexity index is 1510. The maximum Gasteiger partial charge on any atom is 0.253 e. The lowest BCUT2D eigenvalue weighted by molar-refractivity contribution is 0.0573. The second kappa shape index (κ2) is 11.0. The highest BCUT2D eigenvalue weighted by Gasteiger charge is 2.28. The van der Waals surface area contributed by atoms with Crippen LogP contribution in [0.1, 0.15) is 36.0 Å². The number of benzene rings is 2. The summed E-state index contributed by atoms with van der Waals surface area (Å²) < 4.78 is 12.3. The molecule has 12 heteroatoms. The number of hydrogen-bond acceptors (Lipinski definition) is 10. The summed E-state index contributed by atoms with van der Waals surface area (Å²) in [5, 5.41) is 8.36. The van der Waals surface area contributed by atoms with Crippen LogP contribution in [0.4, 0.5) is 17.6 Å². The second-order valence-corrected chi connectivity index (χ2v) is 10.1. The summed E-state index contributed by atoms with van der Waals surface area (Å²) >= 11 is 0. The van der Waals surface area contributed by atoms with Gasteiger partial charge in [-0.3, -0.25) is 9.69 Å². The number of nitrogens with one attached hydrogen (secondary N) is 1. The molecular weight excluding hydrogens is 510 g/mol. The Morgan fingerprint density at radius 1 is 0.975 bits per heavy atom. The predicted octanol–water partition coefficient (Wildman–Crippen LogP) is 3.25. The zero-order chi connectivity index (χ0) is 27.6. The van der Waals surface area contributed by atoms with Crippen LogP contribution in [-0.2, 0) is 0 Å². The molecule has 1 aliphatic carbocycles. The van der Waals surface area contributed by atoms with Crippen molar-refractivity contribution >= 4 is 34.4 Å². The molecule has 6 rings (SSSR count). The third kappa shape index (κ3) is 4.97. The largest absolute Gasteiger partial charge is 0.493 e. The molecule has 1 amide bonds. The van der Waals surface area contributed by atoms with Crippen molar-refractivity contribution in [2.24, 2.45) is 0 Å². The van der Waals surface area contributed by atoms with Gasteiger partial charge in [0.2, 0.25) is 11.9 Å². The van der Waals surface area contributed by atoms with Crippen LogP contribution in [0.25, 0.3) is 16.7 Å². The van der Waals surface area contributed by atoms with E-state index in [-0.39, 0.29) is 11.9 Å². The highest BCUT2D eigenvalue weighted by atomic mass is 16.5. The van der Waals surface area contributed by atoms with Gasteiger partial charge < -0.3 is 25.4 Å². The first-order valence-corrected chi connectivity index (χ1v) is 13.5. The number of ether oxygens (including phenoxy) is 2. The van der Waals surface area contributed by atoms with Gasteiger partial charge >= 0.3 is 0 Å². The fraction of sp³-hybridized carbons (Fsp3) is 0.393. The Morgan fingerprint density at radius 2 is 1.68 bits per heavy atom. The molecule has 40 heavy (non-hydrogen) atoms. The SMILES string of the molecule is COc1cc2ncnc(-n3nc(Nc4ccc(C(=O)N5CCN(C6CCCC6)CC5)cc4)nc3N)c2cc1OC. The van der Waals surface area contributed by atoms with E-state index in [2.05, 4.69) is 30.3 Å².